The molecule has 1 aromatic rings. The minimum Gasteiger partial charge on any atom is -0.543 e. The molecular formula is C19H20N4O4S. The van der Waals surface area contributed by atoms with Crippen LogP contribution in [0.4, 0.5) is 0 Å². The average Bonchev–Trinajstić information content (AvgIpc) is 3.02. The van der Waals surface area contributed by atoms with Crippen LogP contribution in [0, 0.1) is 0 Å². The number of rotatable bonds is 4. The summed E-state index contributed by atoms with van der Waals surface area (Å²) in [5.41, 5.74) is 7.56. The number of carbonyl (C=O) groups is 3. The van der Waals surface area contributed by atoms with E-state index in [0.29, 0.717) is 36.4 Å². The second kappa shape index (κ2) is 7.06. The van der Waals surface area contributed by atoms with Gasteiger partial charge in [-0.15, -0.1) is 11.8 Å². The van der Waals surface area contributed by atoms with Crippen LogP contribution in [0.3, 0.4) is 0 Å². The van der Waals surface area contributed by atoms with Crippen LogP contribution in [-0.4, -0.2) is 51.3 Å². The average molecular weight is 400 g/mol. The number of hydrogen-bond acceptors (Lipinski definition) is 6. The van der Waals surface area contributed by atoms with Gasteiger partial charge >= 0.3 is 0 Å². The van der Waals surface area contributed by atoms with Crippen LogP contribution in [0.5, 0.6) is 0 Å². The summed E-state index contributed by atoms with van der Waals surface area (Å²) in [5, 5.41) is 11.3. The van der Waals surface area contributed by atoms with E-state index in [1.54, 1.807) is 11.0 Å². The second-order valence-corrected chi connectivity index (χ2v) is 8.15. The molecule has 0 saturated carbocycles. The van der Waals surface area contributed by atoms with Crippen molar-refractivity contribution in [1.29, 1.82) is 0 Å². The van der Waals surface area contributed by atoms with E-state index in [1.165, 1.54) is 16.7 Å². The van der Waals surface area contributed by atoms with Crippen molar-refractivity contribution in [1.82, 2.24) is 9.80 Å². The highest BCUT2D eigenvalue weighted by molar-refractivity contribution is 8.00. The van der Waals surface area contributed by atoms with Gasteiger partial charge < -0.3 is 20.5 Å². The molecule has 0 spiro atoms. The molecule has 4 heterocycles. The van der Waals surface area contributed by atoms with Crippen LogP contribution >= 0.6 is 11.8 Å². The Kier molecular flexibility index (Phi) is 4.72. The van der Waals surface area contributed by atoms with Gasteiger partial charge in [0.2, 0.25) is 17.5 Å². The third-order valence-electron chi connectivity index (χ3n) is 5.31. The number of carboxylic acids is 1. The molecule has 2 amide bonds. The van der Waals surface area contributed by atoms with Crippen molar-refractivity contribution in [2.75, 3.05) is 12.3 Å². The lowest BCUT2D eigenvalue weighted by atomic mass is 10.0. The number of amides is 2. The molecule has 9 heteroatoms. The van der Waals surface area contributed by atoms with E-state index in [4.69, 9.17) is 5.73 Å². The molecule has 28 heavy (non-hydrogen) atoms. The quantitative estimate of drug-likeness (QED) is 0.371. The van der Waals surface area contributed by atoms with E-state index in [1.807, 2.05) is 36.0 Å². The summed E-state index contributed by atoms with van der Waals surface area (Å²) in [4.78, 5) is 39.4. The fourth-order valence-electron chi connectivity index (χ4n) is 3.72. The number of aromatic nitrogens is 1. The summed E-state index contributed by atoms with van der Waals surface area (Å²) >= 11 is 1.40. The number of aryl methyl sites for hydroxylation is 1. The number of nitrogens with two attached hydrogens (primary N) is 1. The number of fused-ring (bicyclic) bond motifs is 1. The molecule has 1 aromatic heterocycles. The molecule has 8 nitrogen and oxygen atoms in total. The Morgan fingerprint density at radius 3 is 2.93 bits per heavy atom. The molecule has 2 atom stereocenters. The smallest absolute Gasteiger partial charge is 0.250 e. The van der Waals surface area contributed by atoms with E-state index in [-0.39, 0.29) is 17.0 Å². The van der Waals surface area contributed by atoms with Gasteiger partial charge in [0.25, 0.3) is 0 Å². The van der Waals surface area contributed by atoms with Crippen molar-refractivity contribution in [3.05, 3.63) is 53.0 Å². The number of carboxylic acid groups (broad SMARTS) is 1. The molecule has 2 saturated heterocycles. The first kappa shape index (κ1) is 18.7. The van der Waals surface area contributed by atoms with Crippen molar-refractivity contribution in [3.8, 4) is 0 Å². The molecule has 0 aliphatic carbocycles. The van der Waals surface area contributed by atoms with Gasteiger partial charge in [0, 0.05) is 30.0 Å². The standard InChI is InChI=1S/C19H20N4O4S/c1-21-6-3-2-4-13(21)9-22-7-5-11(16(22)24)8-12-10-28-18-14(20)17(25)23(18)15(12)19(26)27/h2-4,6,8,14,18H,5,7,9-10,20H2,1H3/b11-8+/t14-,18-/m1/s1. The number of allylic oxidation sites excluding steroid dienone is 1. The topological polar surface area (TPSA) is 111 Å². The van der Waals surface area contributed by atoms with E-state index in [0.717, 1.165) is 5.69 Å². The monoisotopic (exact) mass is 400 g/mol. The van der Waals surface area contributed by atoms with Crippen LogP contribution in [0.15, 0.2) is 47.3 Å². The van der Waals surface area contributed by atoms with Crippen LogP contribution in [0.2, 0.25) is 0 Å². The molecule has 4 rings (SSSR count). The van der Waals surface area contributed by atoms with Crippen molar-refractivity contribution >= 4 is 29.5 Å². The van der Waals surface area contributed by atoms with Gasteiger partial charge in [0.15, 0.2) is 6.20 Å². The van der Waals surface area contributed by atoms with Crippen molar-refractivity contribution in [2.45, 2.75) is 24.4 Å². The SMILES string of the molecule is C[n+]1ccccc1CN1CC/C(=C\C2=C(C(=O)[O-])N3C(=O)[C@@H](N)[C@H]3SC2)C1=O. The second-order valence-electron chi connectivity index (χ2n) is 7.05. The third kappa shape index (κ3) is 3.00. The van der Waals surface area contributed by atoms with Crippen LogP contribution in [0.25, 0.3) is 0 Å². The molecular weight excluding hydrogens is 380 g/mol. The van der Waals surface area contributed by atoms with Crippen molar-refractivity contribution < 1.29 is 24.1 Å². The zero-order valence-electron chi connectivity index (χ0n) is 15.3. The zero-order chi connectivity index (χ0) is 20.0. The van der Waals surface area contributed by atoms with Gasteiger partial charge in [-0.2, -0.15) is 0 Å². The minimum atomic E-state index is -1.42. The molecule has 0 aromatic carbocycles. The Bertz CT molecular complexity index is 942. The Balaban J connectivity index is 1.58. The van der Waals surface area contributed by atoms with E-state index in [2.05, 4.69) is 0 Å². The summed E-state index contributed by atoms with van der Waals surface area (Å²) in [6, 6.07) is 5.12. The number of likely N-dealkylation sites (tertiary alicyclic amines) is 1. The lowest BCUT2D eigenvalue weighted by Gasteiger charge is -2.49. The third-order valence-corrected chi connectivity index (χ3v) is 6.63. The number of carbonyl (C=O) groups excluding carboxylic acids is 3. The maximum Gasteiger partial charge on any atom is 0.250 e. The largest absolute Gasteiger partial charge is 0.543 e. The summed E-state index contributed by atoms with van der Waals surface area (Å²) in [7, 11) is 1.92. The zero-order valence-corrected chi connectivity index (χ0v) is 16.1. The normalized spacial score (nSPS) is 26.0. The molecule has 3 aliphatic rings. The Labute approximate surface area is 166 Å². The molecule has 0 unspecified atom stereocenters. The predicted molar refractivity (Wildman–Crippen MR) is 98.8 cm³/mol. The highest BCUT2D eigenvalue weighted by Crippen LogP contribution is 2.40. The Hall–Kier alpha value is -2.65. The van der Waals surface area contributed by atoms with E-state index >= 15 is 0 Å². The molecule has 2 fully saturated rings. The number of pyridine rings is 1. The highest BCUT2D eigenvalue weighted by Gasteiger charge is 2.50. The molecule has 0 radical (unpaired) electrons. The molecule has 0 bridgehead atoms. The predicted octanol–water partition coefficient (Wildman–Crippen LogP) is -1.58. The van der Waals surface area contributed by atoms with Crippen LogP contribution in [-0.2, 0) is 28.0 Å². The van der Waals surface area contributed by atoms with Gasteiger partial charge in [-0.1, -0.05) is 6.07 Å². The van der Waals surface area contributed by atoms with Gasteiger partial charge in [-0.25, -0.2) is 4.57 Å². The summed E-state index contributed by atoms with van der Waals surface area (Å²) in [6.07, 6.45) is 4.06. The maximum absolute atomic E-state index is 12.8. The fourth-order valence-corrected chi connectivity index (χ4v) is 4.97. The summed E-state index contributed by atoms with van der Waals surface area (Å²) in [5.74, 6) is -1.59. The summed E-state index contributed by atoms with van der Waals surface area (Å²) in [6.45, 7) is 1.05. The van der Waals surface area contributed by atoms with Crippen LogP contribution < -0.4 is 15.4 Å². The summed E-state index contributed by atoms with van der Waals surface area (Å²) < 4.78 is 1.96. The fraction of sp³-hybridized carbons (Fsp3) is 0.368. The molecule has 3 aliphatic heterocycles. The first-order valence-electron chi connectivity index (χ1n) is 8.96. The first-order chi connectivity index (χ1) is 13.4. The van der Waals surface area contributed by atoms with E-state index in [9.17, 15) is 19.5 Å². The van der Waals surface area contributed by atoms with Crippen molar-refractivity contribution in [3.63, 3.8) is 0 Å². The molecule has 146 valence electrons. The van der Waals surface area contributed by atoms with E-state index < -0.39 is 17.9 Å². The van der Waals surface area contributed by atoms with Gasteiger partial charge in [0.1, 0.15) is 25.0 Å². The number of nitrogens with zero attached hydrogens (tertiary/aromatic N) is 3. The van der Waals surface area contributed by atoms with Crippen molar-refractivity contribution in [2.24, 2.45) is 12.8 Å². The lowest BCUT2D eigenvalue weighted by molar-refractivity contribution is -0.680. The van der Waals surface area contributed by atoms with Gasteiger partial charge in [0.05, 0.1) is 11.7 Å². The van der Waals surface area contributed by atoms with Crippen LogP contribution in [0.1, 0.15) is 12.1 Å². The number of hydrogen-bond donors (Lipinski definition) is 1. The maximum atomic E-state index is 12.8. The number of β-lactam (4-membered cyclic amide) rings is 1. The Morgan fingerprint density at radius 1 is 1.43 bits per heavy atom. The van der Waals surface area contributed by atoms with Gasteiger partial charge in [-0.05, 0) is 18.1 Å². The number of aliphatic carboxylic acids is 1. The lowest BCUT2D eigenvalue weighted by Crippen LogP contribution is -2.69. The van der Waals surface area contributed by atoms with Gasteiger partial charge in [-0.3, -0.25) is 14.5 Å². The first-order valence-corrected chi connectivity index (χ1v) is 10.0. The molecule has 2 N–H and O–H groups in total. The Morgan fingerprint density at radius 2 is 2.21 bits per heavy atom. The highest BCUT2D eigenvalue weighted by atomic mass is 32.2. The minimum absolute atomic E-state index is 0.118. The number of thioether (sulfide) groups is 1.